The zero-order chi connectivity index (χ0) is 13.7. The van der Waals surface area contributed by atoms with Crippen LogP contribution in [0, 0.1) is 13.8 Å². The van der Waals surface area contributed by atoms with Gasteiger partial charge in [0, 0.05) is 5.54 Å². The summed E-state index contributed by atoms with van der Waals surface area (Å²) in [4.78, 5) is 0. The summed E-state index contributed by atoms with van der Waals surface area (Å²) in [5.41, 5.74) is 4.66. The first kappa shape index (κ1) is 14.6. The number of rotatable bonds is 4. The van der Waals surface area contributed by atoms with Gasteiger partial charge in [-0.25, -0.2) is 0 Å². The topological polar surface area (TPSA) is 12.0 Å². The number of hydrogen-bond acceptors (Lipinski definition) is 1. The van der Waals surface area contributed by atoms with Crippen molar-refractivity contribution in [3.8, 4) is 0 Å². The molecule has 2 rings (SSSR count). The van der Waals surface area contributed by atoms with E-state index in [2.05, 4.69) is 44.3 Å². The maximum absolute atomic E-state index is 3.88. The third kappa shape index (κ3) is 4.07. The molecule has 0 spiro atoms. The van der Waals surface area contributed by atoms with Crippen LogP contribution in [0.1, 0.15) is 62.1 Å². The van der Waals surface area contributed by atoms with Gasteiger partial charge in [0.1, 0.15) is 0 Å². The van der Waals surface area contributed by atoms with Gasteiger partial charge >= 0.3 is 0 Å². The van der Waals surface area contributed by atoms with Crippen LogP contribution in [0.2, 0.25) is 0 Å². The molecule has 1 atom stereocenters. The molecule has 1 heterocycles. The number of aryl methyl sites for hydroxylation is 2. The van der Waals surface area contributed by atoms with E-state index in [-0.39, 0.29) is 0 Å². The van der Waals surface area contributed by atoms with Gasteiger partial charge in [0.15, 0.2) is 0 Å². The minimum Gasteiger partial charge on any atom is -0.311 e. The molecule has 1 nitrogen and oxygen atoms in total. The summed E-state index contributed by atoms with van der Waals surface area (Å²) in [6, 6.07) is 7.02. The third-order valence-electron chi connectivity index (χ3n) is 4.38. The van der Waals surface area contributed by atoms with Crippen LogP contribution >= 0.6 is 0 Å². The van der Waals surface area contributed by atoms with Crippen molar-refractivity contribution in [1.82, 2.24) is 5.32 Å². The molecule has 1 aliphatic heterocycles. The first-order valence-electron chi connectivity index (χ1n) is 7.96. The molecule has 1 aromatic carbocycles. The fourth-order valence-corrected chi connectivity index (χ4v) is 3.70. The van der Waals surface area contributed by atoms with Crippen LogP contribution in [0.15, 0.2) is 18.2 Å². The highest BCUT2D eigenvalue weighted by atomic mass is 15.0. The molecule has 1 saturated heterocycles. The Morgan fingerprint density at radius 2 is 1.79 bits per heavy atom. The van der Waals surface area contributed by atoms with Gasteiger partial charge in [-0.1, -0.05) is 55.5 Å². The molecule has 0 aromatic heterocycles. The Hall–Kier alpha value is -0.820. The average molecular weight is 259 g/mol. The molecule has 1 aliphatic rings. The van der Waals surface area contributed by atoms with Crippen LogP contribution < -0.4 is 5.32 Å². The van der Waals surface area contributed by atoms with E-state index in [0.29, 0.717) is 5.54 Å². The molecular formula is C18H29N. The minimum absolute atomic E-state index is 0.353. The molecule has 0 bridgehead atoms. The molecule has 0 radical (unpaired) electrons. The Morgan fingerprint density at radius 3 is 2.47 bits per heavy atom. The lowest BCUT2D eigenvalue weighted by Gasteiger charge is -2.34. The van der Waals surface area contributed by atoms with Gasteiger partial charge < -0.3 is 5.32 Å². The van der Waals surface area contributed by atoms with Gasteiger partial charge in [0.25, 0.3) is 0 Å². The summed E-state index contributed by atoms with van der Waals surface area (Å²) in [5.74, 6) is 0. The lowest BCUT2D eigenvalue weighted by atomic mass is 9.82. The Balaban J connectivity index is 2.18. The van der Waals surface area contributed by atoms with E-state index >= 15 is 0 Å². The van der Waals surface area contributed by atoms with Crippen molar-refractivity contribution in [2.24, 2.45) is 0 Å². The fourth-order valence-electron chi connectivity index (χ4n) is 3.70. The lowest BCUT2D eigenvalue weighted by Crippen LogP contribution is -2.46. The summed E-state index contributed by atoms with van der Waals surface area (Å²) in [6.45, 7) is 7.94. The Kier molecular flexibility index (Phi) is 5.04. The summed E-state index contributed by atoms with van der Waals surface area (Å²) in [7, 11) is 0. The largest absolute Gasteiger partial charge is 0.311 e. The maximum Gasteiger partial charge on any atom is 0.0221 e. The zero-order valence-electron chi connectivity index (χ0n) is 12.9. The van der Waals surface area contributed by atoms with Crippen LogP contribution in [-0.2, 0) is 6.42 Å². The number of benzene rings is 1. The van der Waals surface area contributed by atoms with Gasteiger partial charge in [-0.3, -0.25) is 0 Å². The van der Waals surface area contributed by atoms with Gasteiger partial charge in [-0.05, 0) is 51.6 Å². The standard InChI is InChI=1S/C18H29N/c1-4-8-18(9-6-5-7-10-19-18)14-17-12-15(2)11-16(3)13-17/h11-13,19H,4-10,14H2,1-3H3. The Labute approximate surface area is 118 Å². The highest BCUT2D eigenvalue weighted by Gasteiger charge is 2.29. The lowest BCUT2D eigenvalue weighted by molar-refractivity contribution is 0.288. The fraction of sp³-hybridized carbons (Fsp3) is 0.667. The van der Waals surface area contributed by atoms with Gasteiger partial charge in [0.05, 0.1) is 0 Å². The monoisotopic (exact) mass is 259 g/mol. The van der Waals surface area contributed by atoms with E-state index in [0.717, 1.165) is 0 Å². The van der Waals surface area contributed by atoms with Crippen molar-refractivity contribution >= 4 is 0 Å². The van der Waals surface area contributed by atoms with Crippen molar-refractivity contribution in [2.75, 3.05) is 6.54 Å². The molecule has 19 heavy (non-hydrogen) atoms. The zero-order valence-corrected chi connectivity index (χ0v) is 12.9. The molecule has 1 fully saturated rings. The molecule has 1 unspecified atom stereocenters. The summed E-state index contributed by atoms with van der Waals surface area (Å²) in [5, 5.41) is 3.88. The highest BCUT2D eigenvalue weighted by Crippen LogP contribution is 2.28. The van der Waals surface area contributed by atoms with Crippen molar-refractivity contribution in [3.05, 3.63) is 34.9 Å². The van der Waals surface area contributed by atoms with E-state index < -0.39 is 0 Å². The second-order valence-electron chi connectivity index (χ2n) is 6.44. The molecule has 0 saturated carbocycles. The van der Waals surface area contributed by atoms with Crippen molar-refractivity contribution < 1.29 is 0 Å². The van der Waals surface area contributed by atoms with Gasteiger partial charge in [0.2, 0.25) is 0 Å². The second-order valence-corrected chi connectivity index (χ2v) is 6.44. The SMILES string of the molecule is CCCC1(Cc2cc(C)cc(C)c2)CCCCCN1. The van der Waals surface area contributed by atoms with Crippen LogP contribution in [0.25, 0.3) is 0 Å². The smallest absolute Gasteiger partial charge is 0.0221 e. The molecule has 0 amide bonds. The normalized spacial score (nSPS) is 24.2. The molecule has 106 valence electrons. The molecule has 0 aliphatic carbocycles. The molecule has 1 heteroatoms. The predicted molar refractivity (Wildman–Crippen MR) is 83.7 cm³/mol. The number of nitrogens with one attached hydrogen (secondary N) is 1. The first-order chi connectivity index (χ1) is 9.13. The van der Waals surface area contributed by atoms with Crippen LogP contribution in [0.5, 0.6) is 0 Å². The van der Waals surface area contributed by atoms with Crippen molar-refractivity contribution in [1.29, 1.82) is 0 Å². The number of hydrogen-bond donors (Lipinski definition) is 1. The van der Waals surface area contributed by atoms with E-state index in [1.165, 1.54) is 68.2 Å². The van der Waals surface area contributed by atoms with Crippen LogP contribution in [-0.4, -0.2) is 12.1 Å². The quantitative estimate of drug-likeness (QED) is 0.836. The van der Waals surface area contributed by atoms with E-state index in [1.54, 1.807) is 0 Å². The van der Waals surface area contributed by atoms with Crippen LogP contribution in [0.4, 0.5) is 0 Å². The van der Waals surface area contributed by atoms with Crippen molar-refractivity contribution in [3.63, 3.8) is 0 Å². The van der Waals surface area contributed by atoms with E-state index in [1.807, 2.05) is 0 Å². The third-order valence-corrected chi connectivity index (χ3v) is 4.38. The Morgan fingerprint density at radius 1 is 1.05 bits per heavy atom. The predicted octanol–water partition coefficient (Wildman–Crippen LogP) is 4.55. The summed E-state index contributed by atoms with van der Waals surface area (Å²) >= 11 is 0. The molecule has 1 N–H and O–H groups in total. The molecular weight excluding hydrogens is 230 g/mol. The maximum atomic E-state index is 3.88. The second kappa shape index (κ2) is 6.56. The summed E-state index contributed by atoms with van der Waals surface area (Å²) < 4.78 is 0. The highest BCUT2D eigenvalue weighted by molar-refractivity contribution is 5.30. The van der Waals surface area contributed by atoms with Gasteiger partial charge in [-0.15, -0.1) is 0 Å². The van der Waals surface area contributed by atoms with Gasteiger partial charge in [-0.2, -0.15) is 0 Å². The minimum atomic E-state index is 0.353. The average Bonchev–Trinajstić information content (AvgIpc) is 2.54. The molecule has 1 aromatic rings. The van der Waals surface area contributed by atoms with Crippen LogP contribution in [0.3, 0.4) is 0 Å². The van der Waals surface area contributed by atoms with E-state index in [9.17, 15) is 0 Å². The first-order valence-corrected chi connectivity index (χ1v) is 7.96. The van der Waals surface area contributed by atoms with Crippen molar-refractivity contribution in [2.45, 2.75) is 71.3 Å². The van der Waals surface area contributed by atoms with E-state index in [4.69, 9.17) is 0 Å². The Bertz CT molecular complexity index is 380. The summed E-state index contributed by atoms with van der Waals surface area (Å²) in [6.07, 6.45) is 9.25.